The quantitative estimate of drug-likeness (QED) is 0.639. The summed E-state index contributed by atoms with van der Waals surface area (Å²) in [6.45, 7) is 3.17. The summed E-state index contributed by atoms with van der Waals surface area (Å²) in [7, 11) is 0. The number of rotatable bonds is 2. The molecule has 31 heavy (non-hydrogen) atoms. The van der Waals surface area contributed by atoms with E-state index in [0.29, 0.717) is 0 Å². The van der Waals surface area contributed by atoms with Gasteiger partial charge in [-0.3, -0.25) is 4.98 Å². The molecule has 6 nitrogen and oxygen atoms in total. The minimum Gasteiger partial charge on any atom is -0.454 e. The molecule has 0 amide bonds. The highest BCUT2D eigenvalue weighted by Gasteiger charge is 2.24. The molecule has 1 aromatic carbocycles. The Labute approximate surface area is 182 Å². The van der Waals surface area contributed by atoms with Crippen LogP contribution in [-0.2, 0) is 13.0 Å². The summed E-state index contributed by atoms with van der Waals surface area (Å²) in [6, 6.07) is 12.2. The average molecular weight is 420 g/mol. The average Bonchev–Trinajstić information content (AvgIpc) is 3.37. The lowest BCUT2D eigenvalue weighted by Crippen LogP contribution is -2.11. The Morgan fingerprint density at radius 2 is 1.84 bits per heavy atom. The van der Waals surface area contributed by atoms with Crippen molar-refractivity contribution in [2.24, 2.45) is 0 Å². The van der Waals surface area contributed by atoms with E-state index in [1.54, 1.807) is 0 Å². The van der Waals surface area contributed by atoms with Crippen molar-refractivity contribution in [1.82, 2.24) is 14.5 Å². The summed E-state index contributed by atoms with van der Waals surface area (Å²) in [5.41, 5.74) is 4.86. The predicted molar refractivity (Wildman–Crippen MR) is 119 cm³/mol. The third-order valence-electron chi connectivity index (χ3n) is 6.19. The first-order chi connectivity index (χ1) is 15.2. The van der Waals surface area contributed by atoms with Crippen molar-refractivity contribution in [2.75, 3.05) is 6.79 Å². The van der Waals surface area contributed by atoms with Gasteiger partial charge in [-0.2, -0.15) is 0 Å². The SMILES string of the molecule is Cc1cccc(-c2nc3n(c2-c2ccc4c(c2)OCO4)CCCCCC[C@H](O)CC3)n1. The second-order valence-corrected chi connectivity index (χ2v) is 8.50. The normalized spacial score (nSPS) is 19.0. The standard InChI is InChI=1S/C25H29N3O3/c1-17-7-6-9-20(26-17)24-25(18-10-12-21-22(15-18)31-16-30-21)28-14-5-3-2-4-8-19(29)11-13-23(28)27-24/h6-7,9-10,12,15,19,29H,2-5,8,11,13-14,16H2,1H3/t19-/m0/s1. The summed E-state index contributed by atoms with van der Waals surface area (Å²) in [5.74, 6) is 2.56. The Morgan fingerprint density at radius 1 is 0.968 bits per heavy atom. The van der Waals surface area contributed by atoms with Crippen LogP contribution in [0.5, 0.6) is 11.5 Å². The second-order valence-electron chi connectivity index (χ2n) is 8.50. The van der Waals surface area contributed by atoms with E-state index < -0.39 is 0 Å². The number of hydrogen-bond acceptors (Lipinski definition) is 5. The Hall–Kier alpha value is -2.86. The number of aliphatic hydroxyl groups is 1. The van der Waals surface area contributed by atoms with Crippen LogP contribution in [0.2, 0.25) is 0 Å². The van der Waals surface area contributed by atoms with Crippen LogP contribution in [0.3, 0.4) is 0 Å². The fourth-order valence-electron chi connectivity index (χ4n) is 4.56. The number of aryl methyl sites for hydroxylation is 2. The topological polar surface area (TPSA) is 69.4 Å². The monoisotopic (exact) mass is 419 g/mol. The number of fused-ring (bicyclic) bond motifs is 2. The summed E-state index contributed by atoms with van der Waals surface area (Å²) in [4.78, 5) is 9.87. The Kier molecular flexibility index (Phi) is 5.64. The van der Waals surface area contributed by atoms with Crippen molar-refractivity contribution < 1.29 is 14.6 Å². The minimum atomic E-state index is -0.266. The molecule has 6 heteroatoms. The summed E-state index contributed by atoms with van der Waals surface area (Å²) < 4.78 is 13.5. The first kappa shape index (κ1) is 20.1. The highest BCUT2D eigenvalue weighted by Crippen LogP contribution is 2.39. The fraction of sp³-hybridized carbons (Fsp3) is 0.440. The van der Waals surface area contributed by atoms with Gasteiger partial charge in [0.15, 0.2) is 11.5 Å². The van der Waals surface area contributed by atoms with Crippen LogP contribution in [0.1, 0.15) is 50.0 Å². The van der Waals surface area contributed by atoms with E-state index >= 15 is 0 Å². The lowest BCUT2D eigenvalue weighted by molar-refractivity contribution is 0.150. The van der Waals surface area contributed by atoms with Crippen molar-refractivity contribution in [3.8, 4) is 34.1 Å². The van der Waals surface area contributed by atoms with Crippen molar-refractivity contribution >= 4 is 0 Å². The van der Waals surface area contributed by atoms with Gasteiger partial charge in [0.05, 0.1) is 17.5 Å². The van der Waals surface area contributed by atoms with Crippen LogP contribution in [0.4, 0.5) is 0 Å². The zero-order valence-electron chi connectivity index (χ0n) is 18.0. The number of aliphatic hydroxyl groups excluding tert-OH is 1. The molecule has 0 radical (unpaired) electrons. The summed E-state index contributed by atoms with van der Waals surface area (Å²) in [5, 5.41) is 10.4. The zero-order chi connectivity index (χ0) is 21.2. The Balaban J connectivity index is 1.66. The number of pyridine rings is 1. The smallest absolute Gasteiger partial charge is 0.231 e. The number of nitrogens with zero attached hydrogens (tertiary/aromatic N) is 3. The van der Waals surface area contributed by atoms with Crippen LogP contribution >= 0.6 is 0 Å². The van der Waals surface area contributed by atoms with Gasteiger partial charge in [0, 0.05) is 24.2 Å². The molecule has 3 aromatic rings. The molecular weight excluding hydrogens is 390 g/mol. The van der Waals surface area contributed by atoms with Gasteiger partial charge in [-0.05, 0) is 56.5 Å². The van der Waals surface area contributed by atoms with E-state index in [1.807, 2.05) is 37.3 Å². The van der Waals surface area contributed by atoms with Crippen LogP contribution in [-0.4, -0.2) is 32.5 Å². The molecule has 0 fully saturated rings. The first-order valence-corrected chi connectivity index (χ1v) is 11.3. The third-order valence-corrected chi connectivity index (χ3v) is 6.19. The predicted octanol–water partition coefficient (Wildman–Crippen LogP) is 4.91. The van der Waals surface area contributed by atoms with Gasteiger partial charge < -0.3 is 19.1 Å². The number of benzene rings is 1. The van der Waals surface area contributed by atoms with Crippen LogP contribution in [0, 0.1) is 6.92 Å². The van der Waals surface area contributed by atoms with Gasteiger partial charge in [0.2, 0.25) is 6.79 Å². The molecule has 5 rings (SSSR count). The zero-order valence-corrected chi connectivity index (χ0v) is 18.0. The molecule has 0 spiro atoms. The van der Waals surface area contributed by atoms with Crippen molar-refractivity contribution in [3.05, 3.63) is 47.9 Å². The molecule has 0 aliphatic carbocycles. The van der Waals surface area contributed by atoms with E-state index in [2.05, 4.69) is 10.6 Å². The van der Waals surface area contributed by atoms with Crippen LogP contribution in [0.15, 0.2) is 36.4 Å². The number of imidazole rings is 1. The number of aromatic nitrogens is 3. The highest BCUT2D eigenvalue weighted by atomic mass is 16.7. The molecule has 0 unspecified atom stereocenters. The molecule has 2 aromatic heterocycles. The van der Waals surface area contributed by atoms with Gasteiger partial charge in [-0.15, -0.1) is 0 Å². The number of hydrogen-bond donors (Lipinski definition) is 1. The van der Waals surface area contributed by atoms with E-state index in [0.717, 1.165) is 97.2 Å². The molecule has 0 saturated carbocycles. The maximum Gasteiger partial charge on any atom is 0.231 e. The number of ether oxygens (including phenoxy) is 2. The van der Waals surface area contributed by atoms with Gasteiger partial charge in [0.1, 0.15) is 11.5 Å². The van der Waals surface area contributed by atoms with E-state index in [9.17, 15) is 5.11 Å². The molecule has 162 valence electrons. The molecule has 1 N–H and O–H groups in total. The van der Waals surface area contributed by atoms with Crippen molar-refractivity contribution in [3.63, 3.8) is 0 Å². The molecule has 0 saturated heterocycles. The Morgan fingerprint density at radius 3 is 2.74 bits per heavy atom. The van der Waals surface area contributed by atoms with E-state index in [1.165, 1.54) is 0 Å². The summed E-state index contributed by atoms with van der Waals surface area (Å²) >= 11 is 0. The largest absolute Gasteiger partial charge is 0.454 e. The molecule has 0 bridgehead atoms. The van der Waals surface area contributed by atoms with Crippen molar-refractivity contribution in [2.45, 2.75) is 64.5 Å². The van der Waals surface area contributed by atoms with Gasteiger partial charge >= 0.3 is 0 Å². The summed E-state index contributed by atoms with van der Waals surface area (Å²) in [6.07, 6.45) is 6.60. The molecule has 1 atom stereocenters. The van der Waals surface area contributed by atoms with Crippen molar-refractivity contribution in [1.29, 1.82) is 0 Å². The lowest BCUT2D eigenvalue weighted by Gasteiger charge is -2.14. The Bertz CT molecular complexity index is 1080. The van der Waals surface area contributed by atoms with Gasteiger partial charge in [0.25, 0.3) is 0 Å². The highest BCUT2D eigenvalue weighted by molar-refractivity contribution is 5.79. The van der Waals surface area contributed by atoms with Crippen LogP contribution in [0.25, 0.3) is 22.6 Å². The molecule has 2 aliphatic rings. The minimum absolute atomic E-state index is 0.257. The maximum absolute atomic E-state index is 10.4. The van der Waals surface area contributed by atoms with E-state index in [-0.39, 0.29) is 12.9 Å². The molecule has 2 aliphatic heterocycles. The maximum atomic E-state index is 10.4. The van der Waals surface area contributed by atoms with Crippen LogP contribution < -0.4 is 9.47 Å². The molecule has 4 heterocycles. The fourth-order valence-corrected chi connectivity index (χ4v) is 4.56. The third kappa shape index (κ3) is 4.17. The first-order valence-electron chi connectivity index (χ1n) is 11.3. The molecular formula is C25H29N3O3. The second kappa shape index (κ2) is 8.71. The van der Waals surface area contributed by atoms with E-state index in [4.69, 9.17) is 19.4 Å². The lowest BCUT2D eigenvalue weighted by atomic mass is 10.1. The van der Waals surface area contributed by atoms with Gasteiger partial charge in [-0.1, -0.05) is 25.3 Å². The van der Waals surface area contributed by atoms with Gasteiger partial charge in [-0.25, -0.2) is 4.98 Å².